The number of hydrogen-bond donors (Lipinski definition) is 0. The maximum absolute atomic E-state index is 2.52. The molecule has 0 bridgehead atoms. The number of hydrogen-bond acceptors (Lipinski definition) is 0. The van der Waals surface area contributed by atoms with Gasteiger partial charge >= 0.3 is 0 Å². The summed E-state index contributed by atoms with van der Waals surface area (Å²) >= 11 is 0. The normalized spacial score (nSPS) is 15.3. The predicted molar refractivity (Wildman–Crippen MR) is 181 cm³/mol. The summed E-state index contributed by atoms with van der Waals surface area (Å²) in [6.45, 7) is 9.48. The van der Waals surface area contributed by atoms with E-state index in [1.54, 1.807) is 0 Å². The van der Waals surface area contributed by atoms with Crippen LogP contribution in [0, 0.1) is 0 Å². The van der Waals surface area contributed by atoms with E-state index in [-0.39, 0.29) is 10.8 Å². The predicted octanol–water partition coefficient (Wildman–Crippen LogP) is 11.1. The molecule has 7 aromatic rings. The van der Waals surface area contributed by atoms with E-state index in [1.165, 1.54) is 83.1 Å². The van der Waals surface area contributed by atoms with Gasteiger partial charge in [-0.15, -0.1) is 0 Å². The van der Waals surface area contributed by atoms with Crippen molar-refractivity contribution in [3.63, 3.8) is 0 Å². The van der Waals surface area contributed by atoms with Gasteiger partial charge in [-0.3, -0.25) is 0 Å². The lowest BCUT2D eigenvalue weighted by Gasteiger charge is -2.35. The van der Waals surface area contributed by atoms with E-state index in [0.29, 0.717) is 0 Å². The van der Waals surface area contributed by atoms with Gasteiger partial charge in [0.15, 0.2) is 0 Å². The van der Waals surface area contributed by atoms with Gasteiger partial charge < -0.3 is 4.57 Å². The van der Waals surface area contributed by atoms with Crippen molar-refractivity contribution in [1.29, 1.82) is 0 Å². The number of para-hydroxylation sites is 1. The lowest BCUT2D eigenvalue weighted by Crippen LogP contribution is -2.26. The molecule has 6 aromatic carbocycles. The standard InChI is InChI=1S/C42H33N/c1-41(2)34-15-9-8-14-30(34)31-20-18-28(24-36(31)41)27-19-21-38-32(22-27)33-23-29(26-12-6-5-7-13-26)25-37-40(33)43(38)39-17-11-10-16-35(39)42(37,3)4/h5-25H,1-4H3. The van der Waals surface area contributed by atoms with E-state index < -0.39 is 0 Å². The first-order valence-corrected chi connectivity index (χ1v) is 15.4. The van der Waals surface area contributed by atoms with Crippen molar-refractivity contribution in [2.45, 2.75) is 38.5 Å². The lowest BCUT2D eigenvalue weighted by atomic mass is 9.74. The quantitative estimate of drug-likeness (QED) is 0.201. The molecule has 0 amide bonds. The fraction of sp³-hybridized carbons (Fsp3) is 0.143. The summed E-state index contributed by atoms with van der Waals surface area (Å²) in [6, 6.07) is 47.7. The fourth-order valence-electron chi connectivity index (χ4n) is 8.08. The van der Waals surface area contributed by atoms with Gasteiger partial charge in [-0.25, -0.2) is 0 Å². The number of rotatable bonds is 2. The first-order chi connectivity index (χ1) is 20.8. The molecule has 1 heteroatoms. The zero-order valence-corrected chi connectivity index (χ0v) is 25.1. The van der Waals surface area contributed by atoms with Gasteiger partial charge in [0.05, 0.1) is 16.7 Å². The highest BCUT2D eigenvalue weighted by molar-refractivity contribution is 6.14. The molecule has 0 saturated carbocycles. The molecule has 0 saturated heterocycles. The first kappa shape index (κ1) is 24.7. The zero-order valence-electron chi connectivity index (χ0n) is 25.1. The van der Waals surface area contributed by atoms with Crippen LogP contribution in [-0.2, 0) is 10.8 Å². The Bertz CT molecular complexity index is 2280. The SMILES string of the molecule is CC1(C)c2ccccc2-c2ccc(-c3ccc4c(c3)c3cc(-c5ccccc5)cc5c3n4-c3ccccc3C5(C)C)cc21. The molecule has 2 heterocycles. The van der Waals surface area contributed by atoms with Crippen molar-refractivity contribution in [1.82, 2.24) is 4.57 Å². The van der Waals surface area contributed by atoms with E-state index >= 15 is 0 Å². The van der Waals surface area contributed by atoms with E-state index in [9.17, 15) is 0 Å². The minimum absolute atomic E-state index is 0.0183. The molecule has 1 aliphatic carbocycles. The van der Waals surface area contributed by atoms with E-state index in [0.717, 1.165) is 0 Å². The molecule has 0 radical (unpaired) electrons. The van der Waals surface area contributed by atoms with Crippen molar-refractivity contribution in [3.05, 3.63) is 150 Å². The molecule has 0 fully saturated rings. The van der Waals surface area contributed by atoms with Crippen LogP contribution in [0.1, 0.15) is 49.9 Å². The number of benzene rings is 6. The van der Waals surface area contributed by atoms with Gasteiger partial charge in [-0.1, -0.05) is 119 Å². The Morgan fingerprint density at radius 1 is 0.419 bits per heavy atom. The van der Waals surface area contributed by atoms with Crippen LogP contribution < -0.4 is 0 Å². The maximum atomic E-state index is 2.52. The van der Waals surface area contributed by atoms with Gasteiger partial charge in [-0.2, -0.15) is 0 Å². The topological polar surface area (TPSA) is 4.93 Å². The van der Waals surface area contributed by atoms with Gasteiger partial charge in [0.2, 0.25) is 0 Å². The molecule has 1 nitrogen and oxygen atoms in total. The molecule has 1 aliphatic heterocycles. The molecule has 0 atom stereocenters. The molecule has 0 N–H and O–H groups in total. The van der Waals surface area contributed by atoms with Crippen LogP contribution >= 0.6 is 0 Å². The minimum Gasteiger partial charge on any atom is -0.309 e. The summed E-state index contributed by atoms with van der Waals surface area (Å²) in [7, 11) is 0. The average molecular weight is 552 g/mol. The molecule has 9 rings (SSSR count). The summed E-state index contributed by atoms with van der Waals surface area (Å²) in [5, 5.41) is 2.63. The van der Waals surface area contributed by atoms with Crippen LogP contribution in [0.5, 0.6) is 0 Å². The molecule has 206 valence electrons. The highest BCUT2D eigenvalue weighted by Gasteiger charge is 2.37. The van der Waals surface area contributed by atoms with Crippen molar-refractivity contribution in [2.75, 3.05) is 0 Å². The Balaban J connectivity index is 1.32. The Hall–Kier alpha value is -4.88. The Morgan fingerprint density at radius 2 is 1.02 bits per heavy atom. The average Bonchev–Trinajstić information content (AvgIpc) is 3.49. The Morgan fingerprint density at radius 3 is 1.86 bits per heavy atom. The van der Waals surface area contributed by atoms with Crippen LogP contribution in [0.3, 0.4) is 0 Å². The number of fused-ring (bicyclic) bond motifs is 8. The summed E-state index contributed by atoms with van der Waals surface area (Å²) in [5.74, 6) is 0. The molecule has 0 spiro atoms. The van der Waals surface area contributed by atoms with Crippen LogP contribution in [0.15, 0.2) is 127 Å². The van der Waals surface area contributed by atoms with Gasteiger partial charge in [0, 0.05) is 21.6 Å². The van der Waals surface area contributed by atoms with Crippen LogP contribution in [0.25, 0.3) is 60.9 Å². The van der Waals surface area contributed by atoms with E-state index in [1.807, 2.05) is 0 Å². The summed E-state index contributed by atoms with van der Waals surface area (Å²) < 4.78 is 2.52. The van der Waals surface area contributed by atoms with Crippen LogP contribution in [0.2, 0.25) is 0 Å². The summed E-state index contributed by atoms with van der Waals surface area (Å²) in [6.07, 6.45) is 0. The van der Waals surface area contributed by atoms with E-state index in [4.69, 9.17) is 0 Å². The fourth-order valence-corrected chi connectivity index (χ4v) is 8.08. The van der Waals surface area contributed by atoms with Crippen molar-refractivity contribution >= 4 is 21.8 Å². The molecule has 1 aromatic heterocycles. The van der Waals surface area contributed by atoms with Crippen LogP contribution in [-0.4, -0.2) is 4.57 Å². The third kappa shape index (κ3) is 3.23. The molecule has 43 heavy (non-hydrogen) atoms. The molecule has 2 aliphatic rings. The smallest absolute Gasteiger partial charge is 0.0582 e. The van der Waals surface area contributed by atoms with Crippen LogP contribution in [0.4, 0.5) is 0 Å². The third-order valence-corrected chi connectivity index (χ3v) is 10.4. The Labute approximate surface area is 253 Å². The second-order valence-corrected chi connectivity index (χ2v) is 13.4. The van der Waals surface area contributed by atoms with Gasteiger partial charge in [-0.05, 0) is 92.0 Å². The Kier molecular flexibility index (Phi) is 4.80. The van der Waals surface area contributed by atoms with Crippen molar-refractivity contribution < 1.29 is 0 Å². The highest BCUT2D eigenvalue weighted by Crippen LogP contribution is 2.51. The second kappa shape index (κ2) is 8.36. The number of aromatic nitrogens is 1. The lowest BCUT2D eigenvalue weighted by molar-refractivity contribution is 0.630. The molecular formula is C42H33N. The largest absolute Gasteiger partial charge is 0.309 e. The molecular weight excluding hydrogens is 518 g/mol. The zero-order chi connectivity index (χ0) is 29.1. The molecule has 0 unspecified atom stereocenters. The summed E-state index contributed by atoms with van der Waals surface area (Å²) in [5.41, 5.74) is 17.1. The summed E-state index contributed by atoms with van der Waals surface area (Å²) in [4.78, 5) is 0. The van der Waals surface area contributed by atoms with Gasteiger partial charge in [0.25, 0.3) is 0 Å². The maximum Gasteiger partial charge on any atom is 0.0582 e. The highest BCUT2D eigenvalue weighted by atomic mass is 15.0. The number of nitrogens with zero attached hydrogens (tertiary/aromatic N) is 1. The monoisotopic (exact) mass is 551 g/mol. The van der Waals surface area contributed by atoms with E-state index in [2.05, 4.69) is 160 Å². The minimum atomic E-state index is -0.118. The van der Waals surface area contributed by atoms with Crippen molar-refractivity contribution in [3.8, 4) is 39.1 Å². The second-order valence-electron chi connectivity index (χ2n) is 13.4. The van der Waals surface area contributed by atoms with Gasteiger partial charge in [0.1, 0.15) is 0 Å². The third-order valence-electron chi connectivity index (χ3n) is 10.4. The first-order valence-electron chi connectivity index (χ1n) is 15.4. The van der Waals surface area contributed by atoms with Crippen molar-refractivity contribution in [2.24, 2.45) is 0 Å².